The van der Waals surface area contributed by atoms with Gasteiger partial charge in [-0.15, -0.1) is 0 Å². The molecule has 0 saturated carbocycles. The van der Waals surface area contributed by atoms with E-state index >= 15 is 0 Å². The van der Waals surface area contributed by atoms with Crippen molar-refractivity contribution in [3.05, 3.63) is 60.7 Å². The monoisotopic (exact) mass is 249 g/mol. The minimum absolute atomic E-state index is 0.736. The van der Waals surface area contributed by atoms with Crippen molar-refractivity contribution < 1.29 is 9.05 Å². The summed E-state index contributed by atoms with van der Waals surface area (Å²) in [5.41, 5.74) is 0. The quantitative estimate of drug-likeness (QED) is 0.765. The Balaban J connectivity index is 1.95. The predicted molar refractivity (Wildman–Crippen MR) is 68.4 cm³/mol. The molecule has 0 aromatic heterocycles. The van der Waals surface area contributed by atoms with E-state index in [9.17, 15) is 0 Å². The Morgan fingerprint density at radius 3 is 1.44 bits per heavy atom. The number of rotatable bonds is 4. The standard InChI is InChI=1S/C12H10O2PS/c16-15(13-11-7-3-1-4-8-11)14-12-9-5-2-6-10-12/h1-10H/q+1. The molecule has 0 aliphatic rings. The van der Waals surface area contributed by atoms with Gasteiger partial charge in [0.05, 0.1) is 0 Å². The summed E-state index contributed by atoms with van der Waals surface area (Å²) in [7, 11) is -1.35. The highest BCUT2D eigenvalue weighted by atomic mass is 32.4. The van der Waals surface area contributed by atoms with Gasteiger partial charge in [-0.3, -0.25) is 0 Å². The molecular weight excluding hydrogens is 239 g/mol. The number of para-hydroxylation sites is 2. The van der Waals surface area contributed by atoms with Crippen LogP contribution in [0.1, 0.15) is 0 Å². The van der Waals surface area contributed by atoms with Crippen LogP contribution in [0, 0.1) is 0 Å². The Hall–Kier alpha value is -1.44. The first-order valence-electron chi connectivity index (χ1n) is 4.78. The van der Waals surface area contributed by atoms with Crippen LogP contribution in [0.5, 0.6) is 11.5 Å². The van der Waals surface area contributed by atoms with E-state index in [-0.39, 0.29) is 0 Å². The van der Waals surface area contributed by atoms with E-state index in [1.807, 2.05) is 60.7 Å². The van der Waals surface area contributed by atoms with E-state index in [1.54, 1.807) is 0 Å². The lowest BCUT2D eigenvalue weighted by molar-refractivity contribution is 0.513. The molecule has 4 heteroatoms. The van der Waals surface area contributed by atoms with E-state index in [2.05, 4.69) is 0 Å². The largest absolute Gasteiger partial charge is 0.626 e. The molecule has 16 heavy (non-hydrogen) atoms. The van der Waals surface area contributed by atoms with Gasteiger partial charge in [0.15, 0.2) is 11.5 Å². The van der Waals surface area contributed by atoms with Crippen LogP contribution in [0.3, 0.4) is 0 Å². The summed E-state index contributed by atoms with van der Waals surface area (Å²) in [6, 6.07) is 18.9. The molecule has 0 radical (unpaired) electrons. The number of hydrogen-bond acceptors (Lipinski definition) is 3. The van der Waals surface area contributed by atoms with E-state index in [0.717, 1.165) is 11.5 Å². The first kappa shape index (κ1) is 11.1. The minimum Gasteiger partial charge on any atom is -0.243 e. The van der Waals surface area contributed by atoms with Crippen LogP contribution in [0.2, 0.25) is 0 Å². The van der Waals surface area contributed by atoms with Crippen molar-refractivity contribution in [1.82, 2.24) is 0 Å². The van der Waals surface area contributed by atoms with Gasteiger partial charge in [0.25, 0.3) is 11.8 Å². The normalized spacial score (nSPS) is 9.50. The van der Waals surface area contributed by atoms with Crippen LogP contribution < -0.4 is 9.05 Å². The summed E-state index contributed by atoms with van der Waals surface area (Å²) < 4.78 is 11.0. The highest BCUT2D eigenvalue weighted by molar-refractivity contribution is 8.01. The maximum atomic E-state index is 5.48. The molecule has 80 valence electrons. The van der Waals surface area contributed by atoms with Gasteiger partial charge in [-0.05, 0) is 24.3 Å². The van der Waals surface area contributed by atoms with Gasteiger partial charge < -0.3 is 0 Å². The van der Waals surface area contributed by atoms with E-state index < -0.39 is 7.15 Å². The molecule has 0 unspecified atom stereocenters. The van der Waals surface area contributed by atoms with Gasteiger partial charge in [-0.1, -0.05) is 36.4 Å². The lowest BCUT2D eigenvalue weighted by Gasteiger charge is -1.95. The second-order valence-corrected chi connectivity index (χ2v) is 4.74. The fourth-order valence-corrected chi connectivity index (χ4v) is 2.29. The Labute approximate surface area is 100 Å². The van der Waals surface area contributed by atoms with Crippen LogP contribution in [0.15, 0.2) is 60.7 Å². The molecule has 0 aliphatic carbocycles. The summed E-state index contributed by atoms with van der Waals surface area (Å²) in [6.07, 6.45) is 0. The third-order valence-corrected chi connectivity index (χ3v) is 3.01. The second-order valence-electron chi connectivity index (χ2n) is 3.03. The van der Waals surface area contributed by atoms with Crippen molar-refractivity contribution in [2.24, 2.45) is 0 Å². The summed E-state index contributed by atoms with van der Waals surface area (Å²) >= 11 is 5.12. The summed E-state index contributed by atoms with van der Waals surface area (Å²) in [5, 5.41) is 0. The van der Waals surface area contributed by atoms with E-state index in [1.165, 1.54) is 0 Å². The molecule has 2 rings (SSSR count). The fourth-order valence-electron chi connectivity index (χ4n) is 1.15. The highest BCUT2D eigenvalue weighted by Gasteiger charge is 2.17. The first-order valence-corrected chi connectivity index (χ1v) is 6.97. The lowest BCUT2D eigenvalue weighted by Crippen LogP contribution is -1.87. The van der Waals surface area contributed by atoms with Crippen LogP contribution >= 0.6 is 7.15 Å². The molecule has 2 aromatic rings. The third-order valence-electron chi connectivity index (χ3n) is 1.85. The second kappa shape index (κ2) is 5.59. The smallest absolute Gasteiger partial charge is 0.243 e. The average molecular weight is 249 g/mol. The molecule has 0 spiro atoms. The molecular formula is C12H10O2PS+. The molecule has 0 amide bonds. The van der Waals surface area contributed by atoms with Crippen molar-refractivity contribution in [3.8, 4) is 11.5 Å². The minimum atomic E-state index is -1.35. The summed E-state index contributed by atoms with van der Waals surface area (Å²) in [4.78, 5) is 0. The third kappa shape index (κ3) is 3.30. The Bertz CT molecular complexity index is 415. The molecule has 0 bridgehead atoms. The average Bonchev–Trinajstić information content (AvgIpc) is 2.31. The Morgan fingerprint density at radius 2 is 1.06 bits per heavy atom. The van der Waals surface area contributed by atoms with Crippen molar-refractivity contribution >= 4 is 19.0 Å². The summed E-state index contributed by atoms with van der Waals surface area (Å²) in [5.74, 6) is 1.47. The zero-order valence-electron chi connectivity index (χ0n) is 8.45. The first-order chi connectivity index (χ1) is 7.84. The molecule has 0 atom stereocenters. The van der Waals surface area contributed by atoms with Gasteiger partial charge in [0.1, 0.15) is 0 Å². The summed E-state index contributed by atoms with van der Waals surface area (Å²) in [6.45, 7) is 0. The maximum absolute atomic E-state index is 5.48. The molecule has 2 aromatic carbocycles. The highest BCUT2D eigenvalue weighted by Crippen LogP contribution is 2.30. The van der Waals surface area contributed by atoms with Gasteiger partial charge in [0, 0.05) is 0 Å². The molecule has 0 aliphatic heterocycles. The molecule has 0 heterocycles. The fraction of sp³-hybridized carbons (Fsp3) is 0. The van der Waals surface area contributed by atoms with Crippen LogP contribution in [-0.4, -0.2) is 0 Å². The van der Waals surface area contributed by atoms with Gasteiger partial charge in [0.2, 0.25) is 0 Å². The topological polar surface area (TPSA) is 18.5 Å². The molecule has 0 N–H and O–H groups in total. The van der Waals surface area contributed by atoms with E-state index in [0.29, 0.717) is 0 Å². The molecule has 2 nitrogen and oxygen atoms in total. The Kier molecular flexibility index (Phi) is 3.86. The lowest BCUT2D eigenvalue weighted by atomic mass is 10.3. The molecule has 0 saturated heterocycles. The van der Waals surface area contributed by atoms with Crippen LogP contribution in [0.25, 0.3) is 0 Å². The Morgan fingerprint density at radius 1 is 0.688 bits per heavy atom. The van der Waals surface area contributed by atoms with Crippen molar-refractivity contribution in [3.63, 3.8) is 0 Å². The SMILES string of the molecule is S=[P+](Oc1ccccc1)Oc1ccccc1. The van der Waals surface area contributed by atoms with E-state index in [4.69, 9.17) is 20.9 Å². The molecule has 0 fully saturated rings. The number of hydrogen-bond donors (Lipinski definition) is 0. The zero-order chi connectivity index (χ0) is 11.2. The van der Waals surface area contributed by atoms with Gasteiger partial charge in [-0.2, -0.15) is 0 Å². The van der Waals surface area contributed by atoms with Crippen LogP contribution in [0.4, 0.5) is 0 Å². The van der Waals surface area contributed by atoms with Crippen LogP contribution in [-0.2, 0) is 11.8 Å². The van der Waals surface area contributed by atoms with Gasteiger partial charge >= 0.3 is 7.15 Å². The van der Waals surface area contributed by atoms with Crippen molar-refractivity contribution in [2.75, 3.05) is 0 Å². The zero-order valence-corrected chi connectivity index (χ0v) is 10.2. The maximum Gasteiger partial charge on any atom is 0.626 e. The van der Waals surface area contributed by atoms with Crippen molar-refractivity contribution in [2.45, 2.75) is 0 Å². The number of benzene rings is 2. The van der Waals surface area contributed by atoms with Crippen molar-refractivity contribution in [1.29, 1.82) is 0 Å². The predicted octanol–water partition coefficient (Wildman–Crippen LogP) is 3.92. The van der Waals surface area contributed by atoms with Gasteiger partial charge in [-0.25, -0.2) is 9.05 Å².